The molecule has 0 bridgehead atoms. The summed E-state index contributed by atoms with van der Waals surface area (Å²) in [5.74, 6) is 0. The van der Waals surface area contributed by atoms with Gasteiger partial charge in [0.25, 0.3) is 0 Å². The van der Waals surface area contributed by atoms with E-state index in [4.69, 9.17) is 0 Å². The third-order valence-corrected chi connectivity index (χ3v) is 11.6. The maximum atomic E-state index is 14.9. The van der Waals surface area contributed by atoms with Crippen LogP contribution >= 0.6 is 18.5 Å². The van der Waals surface area contributed by atoms with Crippen molar-refractivity contribution in [1.29, 1.82) is 0 Å². The van der Waals surface area contributed by atoms with Crippen LogP contribution in [0, 0.1) is 0 Å². The third kappa shape index (κ3) is 3.21. The summed E-state index contributed by atoms with van der Waals surface area (Å²) >= 11 is 1.63. The molecule has 172 valence electrons. The van der Waals surface area contributed by atoms with Crippen molar-refractivity contribution in [2.75, 3.05) is 0 Å². The van der Waals surface area contributed by atoms with Crippen LogP contribution in [0.2, 0.25) is 0 Å². The van der Waals surface area contributed by atoms with Crippen molar-refractivity contribution in [1.82, 2.24) is 4.57 Å². The average molecular weight is 500 g/mol. The fourth-order valence-electron chi connectivity index (χ4n) is 5.19. The molecule has 0 saturated heterocycles. The minimum Gasteiger partial charge on any atom is -0.309 e. The lowest BCUT2D eigenvalue weighted by Gasteiger charge is -2.17. The molecular weight excluding hydrogens is 477 g/mol. The second kappa shape index (κ2) is 8.34. The van der Waals surface area contributed by atoms with Gasteiger partial charge in [0.2, 0.25) is 0 Å². The van der Waals surface area contributed by atoms with Crippen molar-refractivity contribution >= 4 is 65.6 Å². The van der Waals surface area contributed by atoms with E-state index in [-0.39, 0.29) is 0 Å². The molecule has 0 saturated carbocycles. The summed E-state index contributed by atoms with van der Waals surface area (Å²) in [5, 5.41) is 5.34. The van der Waals surface area contributed by atoms with Crippen LogP contribution in [-0.4, -0.2) is 4.57 Å². The van der Waals surface area contributed by atoms with E-state index >= 15 is 0 Å². The van der Waals surface area contributed by atoms with Gasteiger partial charge in [-0.3, -0.25) is 0 Å². The lowest BCUT2D eigenvalue weighted by Crippen LogP contribution is -2.22. The van der Waals surface area contributed by atoms with Crippen LogP contribution in [0.4, 0.5) is 0 Å². The minimum absolute atomic E-state index is 0.866. The van der Waals surface area contributed by atoms with Crippen LogP contribution in [0.1, 0.15) is 0 Å². The Morgan fingerprint density at radius 2 is 1.08 bits per heavy atom. The van der Waals surface area contributed by atoms with Gasteiger partial charge in [-0.2, -0.15) is 0 Å². The Kier molecular flexibility index (Phi) is 4.95. The molecule has 0 spiro atoms. The molecule has 0 aliphatic heterocycles. The molecule has 2 aromatic heterocycles. The van der Waals surface area contributed by atoms with Crippen LogP contribution in [0.15, 0.2) is 133 Å². The summed E-state index contributed by atoms with van der Waals surface area (Å²) in [4.78, 5) is 0. The number of aromatic nitrogens is 1. The number of thiophene rings is 1. The minimum atomic E-state index is -2.99. The Hall–Kier alpha value is -3.91. The molecule has 2 heterocycles. The van der Waals surface area contributed by atoms with Gasteiger partial charge in [0, 0.05) is 31.8 Å². The topological polar surface area (TPSA) is 22.0 Å². The molecule has 0 N–H and O–H groups in total. The highest BCUT2D eigenvalue weighted by Gasteiger charge is 2.31. The molecule has 36 heavy (non-hydrogen) atoms. The zero-order valence-corrected chi connectivity index (χ0v) is 21.1. The third-order valence-electron chi connectivity index (χ3n) is 6.88. The first kappa shape index (κ1) is 21.4. The maximum absolute atomic E-state index is 14.9. The standard InChI is InChI=1S/C32H22NOPS/c34-35(25-11-3-1-4-12-25,26-13-5-2-6-14-26)32-22-23-21-24(19-20-31(23)36-32)33-29-17-9-7-15-27(29)28-16-8-10-18-30(28)33/h1-22H. The van der Waals surface area contributed by atoms with Crippen molar-refractivity contribution in [3.63, 3.8) is 0 Å². The van der Waals surface area contributed by atoms with Crippen molar-refractivity contribution in [3.8, 4) is 5.69 Å². The zero-order valence-electron chi connectivity index (χ0n) is 19.4. The number of nitrogens with zero attached hydrogens (tertiary/aromatic N) is 1. The van der Waals surface area contributed by atoms with Gasteiger partial charge in [-0.05, 0) is 41.8 Å². The van der Waals surface area contributed by atoms with Crippen molar-refractivity contribution in [3.05, 3.63) is 133 Å². The van der Waals surface area contributed by atoms with Gasteiger partial charge < -0.3 is 9.13 Å². The second-order valence-electron chi connectivity index (χ2n) is 8.96. The molecule has 0 atom stereocenters. The first-order valence-electron chi connectivity index (χ1n) is 12.0. The van der Waals surface area contributed by atoms with Crippen LogP contribution in [-0.2, 0) is 4.57 Å². The first-order valence-corrected chi connectivity index (χ1v) is 14.5. The van der Waals surface area contributed by atoms with E-state index in [2.05, 4.69) is 77.4 Å². The first-order chi connectivity index (χ1) is 17.7. The Morgan fingerprint density at radius 3 is 1.67 bits per heavy atom. The normalized spacial score (nSPS) is 12.0. The van der Waals surface area contributed by atoms with E-state index in [1.54, 1.807) is 11.3 Å². The highest BCUT2D eigenvalue weighted by molar-refractivity contribution is 7.89. The summed E-state index contributed by atoms with van der Waals surface area (Å²) in [6.45, 7) is 0. The number of hydrogen-bond donors (Lipinski definition) is 0. The molecule has 4 heteroatoms. The highest BCUT2D eigenvalue weighted by Crippen LogP contribution is 2.46. The van der Waals surface area contributed by atoms with E-state index in [1.807, 2.05) is 60.7 Å². The summed E-state index contributed by atoms with van der Waals surface area (Å²) in [6, 6.07) is 45.6. The Balaban J connectivity index is 1.45. The van der Waals surface area contributed by atoms with Crippen LogP contribution < -0.4 is 15.2 Å². The fraction of sp³-hybridized carbons (Fsp3) is 0. The second-order valence-corrected chi connectivity index (χ2v) is 13.1. The quantitative estimate of drug-likeness (QED) is 0.228. The van der Waals surface area contributed by atoms with Gasteiger partial charge in [0.15, 0.2) is 7.14 Å². The molecule has 0 aliphatic carbocycles. The Labute approximate surface area is 213 Å². The molecule has 0 fully saturated rings. The predicted molar refractivity (Wildman–Crippen MR) is 156 cm³/mol. The summed E-state index contributed by atoms with van der Waals surface area (Å²) in [5.41, 5.74) is 3.49. The van der Waals surface area contributed by atoms with Gasteiger partial charge >= 0.3 is 0 Å². The van der Waals surface area contributed by atoms with E-state index in [0.29, 0.717) is 0 Å². The Bertz CT molecular complexity index is 1820. The van der Waals surface area contributed by atoms with Gasteiger partial charge in [-0.1, -0.05) is 97.1 Å². The molecule has 0 radical (unpaired) electrons. The maximum Gasteiger partial charge on any atom is 0.180 e. The molecule has 5 aromatic carbocycles. The van der Waals surface area contributed by atoms with Gasteiger partial charge in [-0.25, -0.2) is 0 Å². The van der Waals surface area contributed by atoms with Crippen LogP contribution in [0.25, 0.3) is 37.6 Å². The number of rotatable bonds is 4. The SMILES string of the molecule is O=P(c1ccccc1)(c1ccccc1)c1cc2cc(-n3c4ccccc4c4ccccc43)ccc2s1. The van der Waals surface area contributed by atoms with E-state index in [9.17, 15) is 4.57 Å². The van der Waals surface area contributed by atoms with Crippen molar-refractivity contribution in [2.45, 2.75) is 0 Å². The van der Waals surface area contributed by atoms with E-state index in [1.165, 1.54) is 21.8 Å². The molecule has 7 rings (SSSR count). The van der Waals surface area contributed by atoms with Crippen molar-refractivity contribution in [2.24, 2.45) is 0 Å². The molecule has 0 amide bonds. The zero-order chi connectivity index (χ0) is 24.1. The van der Waals surface area contributed by atoms with Crippen LogP contribution in [0.3, 0.4) is 0 Å². The number of para-hydroxylation sites is 2. The number of hydrogen-bond acceptors (Lipinski definition) is 2. The fourth-order valence-corrected chi connectivity index (χ4v) is 9.73. The molecular formula is C32H22NOPS. The lowest BCUT2D eigenvalue weighted by molar-refractivity contribution is 0.593. The smallest absolute Gasteiger partial charge is 0.180 e. The van der Waals surface area contributed by atoms with Gasteiger partial charge in [-0.15, -0.1) is 11.3 Å². The predicted octanol–water partition coefficient (Wildman–Crippen LogP) is 7.64. The van der Waals surface area contributed by atoms with E-state index < -0.39 is 7.14 Å². The van der Waals surface area contributed by atoms with Crippen LogP contribution in [0.5, 0.6) is 0 Å². The molecule has 2 nitrogen and oxygen atoms in total. The molecule has 7 aromatic rings. The number of benzene rings is 5. The molecule has 0 unspecified atom stereocenters. The van der Waals surface area contributed by atoms with Crippen molar-refractivity contribution < 1.29 is 4.57 Å². The lowest BCUT2D eigenvalue weighted by atomic mass is 10.2. The highest BCUT2D eigenvalue weighted by atomic mass is 32.1. The largest absolute Gasteiger partial charge is 0.309 e. The molecule has 0 aliphatic rings. The summed E-state index contributed by atoms with van der Waals surface area (Å²) in [7, 11) is -2.99. The average Bonchev–Trinajstić information content (AvgIpc) is 3.53. The Morgan fingerprint density at radius 1 is 0.556 bits per heavy atom. The van der Waals surface area contributed by atoms with Gasteiger partial charge in [0.05, 0.1) is 15.7 Å². The summed E-state index contributed by atoms with van der Waals surface area (Å²) in [6.07, 6.45) is 0. The summed E-state index contributed by atoms with van der Waals surface area (Å²) < 4.78 is 19.2. The van der Waals surface area contributed by atoms with Gasteiger partial charge in [0.1, 0.15) is 0 Å². The monoisotopic (exact) mass is 499 g/mol. The number of fused-ring (bicyclic) bond motifs is 4. The van der Waals surface area contributed by atoms with E-state index in [0.717, 1.165) is 31.0 Å².